The number of nitrogens with zero attached hydrogens (tertiary/aromatic N) is 1. The minimum atomic E-state index is -0.744. The monoisotopic (exact) mass is 412 g/mol. The van der Waals surface area contributed by atoms with Gasteiger partial charge < -0.3 is 19.9 Å². The maximum atomic E-state index is 12.3. The highest BCUT2D eigenvalue weighted by Crippen LogP contribution is 2.24. The first-order valence-electron chi connectivity index (χ1n) is 10.0. The lowest BCUT2D eigenvalue weighted by atomic mass is 10.0. The molecule has 2 aromatic carbocycles. The smallest absolute Gasteiger partial charge is 0.350 e. The first-order valence-corrected chi connectivity index (χ1v) is 10.0. The fourth-order valence-electron chi connectivity index (χ4n) is 3.51. The lowest BCUT2D eigenvalue weighted by molar-refractivity contribution is -0.162. The van der Waals surface area contributed by atoms with E-state index in [0.717, 1.165) is 24.2 Å². The number of para-hydroxylation sites is 1. The van der Waals surface area contributed by atoms with E-state index in [2.05, 4.69) is 6.92 Å². The van der Waals surface area contributed by atoms with E-state index < -0.39 is 18.1 Å². The highest BCUT2D eigenvalue weighted by atomic mass is 16.6. The Morgan fingerprint density at radius 3 is 2.50 bits per heavy atom. The minimum absolute atomic E-state index is 0.0895. The Morgan fingerprint density at radius 1 is 1.17 bits per heavy atom. The highest BCUT2D eigenvalue weighted by molar-refractivity contribution is 5.92. The van der Waals surface area contributed by atoms with Crippen LogP contribution in [0.15, 0.2) is 54.6 Å². The van der Waals surface area contributed by atoms with E-state index >= 15 is 0 Å². The molecule has 160 valence electrons. The summed E-state index contributed by atoms with van der Waals surface area (Å²) in [6.45, 7) is 3.00. The third-order valence-electron chi connectivity index (χ3n) is 5.27. The zero-order valence-corrected chi connectivity index (χ0v) is 17.3. The van der Waals surface area contributed by atoms with Crippen molar-refractivity contribution in [1.29, 1.82) is 0 Å². The zero-order valence-electron chi connectivity index (χ0n) is 17.3. The molecule has 0 radical (unpaired) electrons. The van der Waals surface area contributed by atoms with E-state index in [-0.39, 0.29) is 12.1 Å². The molecule has 7 heteroatoms. The second-order valence-electron chi connectivity index (χ2n) is 7.40. The number of carbonyl (C=O) groups is 2. The number of methoxy groups -OCH3 is 1. The van der Waals surface area contributed by atoms with E-state index in [4.69, 9.17) is 19.9 Å². The molecule has 1 aliphatic rings. The van der Waals surface area contributed by atoms with Crippen LogP contribution in [-0.4, -0.2) is 55.4 Å². The summed E-state index contributed by atoms with van der Waals surface area (Å²) < 4.78 is 16.7. The summed E-state index contributed by atoms with van der Waals surface area (Å²) in [5.74, 6) is -0.0784. The number of hydrogen-bond donors (Lipinski definition) is 1. The second-order valence-corrected chi connectivity index (χ2v) is 7.40. The van der Waals surface area contributed by atoms with Gasteiger partial charge in [-0.15, -0.1) is 0 Å². The molecular formula is C23H28N2O5. The van der Waals surface area contributed by atoms with Gasteiger partial charge in [-0.25, -0.2) is 4.79 Å². The van der Waals surface area contributed by atoms with Crippen LogP contribution < -0.4 is 10.5 Å². The molecule has 1 heterocycles. The lowest BCUT2D eigenvalue weighted by Crippen LogP contribution is -2.43. The summed E-state index contributed by atoms with van der Waals surface area (Å²) in [6.07, 6.45) is 0.646. The van der Waals surface area contributed by atoms with Crippen molar-refractivity contribution in [2.45, 2.75) is 38.1 Å². The predicted octanol–water partition coefficient (Wildman–Crippen LogP) is 2.39. The van der Waals surface area contributed by atoms with Gasteiger partial charge in [0.2, 0.25) is 12.1 Å². The van der Waals surface area contributed by atoms with Crippen LogP contribution in [0.25, 0.3) is 0 Å². The Bertz CT molecular complexity index is 840. The third-order valence-corrected chi connectivity index (χ3v) is 5.27. The van der Waals surface area contributed by atoms with E-state index in [0.29, 0.717) is 18.7 Å². The van der Waals surface area contributed by atoms with Crippen molar-refractivity contribution in [3.63, 3.8) is 0 Å². The van der Waals surface area contributed by atoms with Crippen LogP contribution in [-0.2, 0) is 20.7 Å². The molecule has 0 bridgehead atoms. The van der Waals surface area contributed by atoms with Crippen LogP contribution in [0.2, 0.25) is 0 Å². The molecule has 0 saturated carbocycles. The van der Waals surface area contributed by atoms with Gasteiger partial charge in [-0.1, -0.05) is 30.3 Å². The molecule has 3 rings (SSSR count). The molecule has 1 fully saturated rings. The molecule has 0 spiro atoms. The van der Waals surface area contributed by atoms with Crippen LogP contribution in [0, 0.1) is 0 Å². The standard InChI is InChI=1S/C23H28N2O5/c1-16(8-9-17-10-12-18(13-11-17)21(24)26)25-14-20(30-22(25)23(27)28-2)15-29-19-6-4-3-5-7-19/h3-7,10-13,16,20,22H,8-9,14-15H2,1-2H3,(H2,24,26)/t16-,20-,22?/m1/s1. The number of primary amides is 1. The Labute approximate surface area is 176 Å². The average Bonchev–Trinajstić information content (AvgIpc) is 3.21. The van der Waals surface area contributed by atoms with Crippen molar-refractivity contribution in [3.05, 3.63) is 65.7 Å². The van der Waals surface area contributed by atoms with Crippen LogP contribution in [0.3, 0.4) is 0 Å². The summed E-state index contributed by atoms with van der Waals surface area (Å²) in [7, 11) is 1.36. The van der Waals surface area contributed by atoms with Gasteiger partial charge in [0.05, 0.1) is 7.11 Å². The fraction of sp³-hybridized carbons (Fsp3) is 0.391. The van der Waals surface area contributed by atoms with Gasteiger partial charge in [0.25, 0.3) is 0 Å². The first-order chi connectivity index (χ1) is 14.5. The fourth-order valence-corrected chi connectivity index (χ4v) is 3.51. The van der Waals surface area contributed by atoms with Gasteiger partial charge in [-0.05, 0) is 49.6 Å². The number of nitrogens with two attached hydrogens (primary N) is 1. The summed E-state index contributed by atoms with van der Waals surface area (Å²) >= 11 is 0. The number of rotatable bonds is 9. The number of aryl methyl sites for hydroxylation is 1. The van der Waals surface area contributed by atoms with Crippen molar-refractivity contribution >= 4 is 11.9 Å². The highest BCUT2D eigenvalue weighted by Gasteiger charge is 2.41. The molecular weight excluding hydrogens is 384 g/mol. The van der Waals surface area contributed by atoms with Gasteiger partial charge in [0.1, 0.15) is 18.5 Å². The van der Waals surface area contributed by atoms with Gasteiger partial charge in [0.15, 0.2) is 0 Å². The summed E-state index contributed by atoms with van der Waals surface area (Å²) in [6, 6.07) is 16.9. The minimum Gasteiger partial charge on any atom is -0.491 e. The average molecular weight is 412 g/mol. The molecule has 3 atom stereocenters. The molecule has 0 aromatic heterocycles. The van der Waals surface area contributed by atoms with Crippen LogP contribution in [0.4, 0.5) is 0 Å². The van der Waals surface area contributed by atoms with Gasteiger partial charge in [-0.2, -0.15) is 0 Å². The van der Waals surface area contributed by atoms with Crippen LogP contribution in [0.1, 0.15) is 29.3 Å². The third kappa shape index (κ3) is 5.58. The van der Waals surface area contributed by atoms with Gasteiger partial charge in [0, 0.05) is 18.2 Å². The first kappa shape index (κ1) is 21.8. The molecule has 2 N–H and O–H groups in total. The molecule has 1 saturated heterocycles. The topological polar surface area (TPSA) is 91.1 Å². The van der Waals surface area contributed by atoms with Crippen LogP contribution in [0.5, 0.6) is 5.75 Å². The predicted molar refractivity (Wildman–Crippen MR) is 112 cm³/mol. The number of ether oxygens (including phenoxy) is 3. The summed E-state index contributed by atoms with van der Waals surface area (Å²) in [5.41, 5.74) is 6.88. The second kappa shape index (κ2) is 10.2. The summed E-state index contributed by atoms with van der Waals surface area (Å²) in [5, 5.41) is 0. The molecule has 7 nitrogen and oxygen atoms in total. The molecule has 1 aliphatic heterocycles. The maximum Gasteiger partial charge on any atom is 0.350 e. The number of esters is 1. The Hall–Kier alpha value is -2.90. The van der Waals surface area contributed by atoms with Crippen molar-refractivity contribution in [2.75, 3.05) is 20.3 Å². The molecule has 0 aliphatic carbocycles. The number of hydrogen-bond acceptors (Lipinski definition) is 6. The summed E-state index contributed by atoms with van der Waals surface area (Å²) in [4.78, 5) is 25.5. The van der Waals surface area contributed by atoms with Crippen molar-refractivity contribution < 1.29 is 23.8 Å². The van der Waals surface area contributed by atoms with E-state index in [1.165, 1.54) is 7.11 Å². The number of amides is 1. The quantitative estimate of drug-likeness (QED) is 0.636. The molecule has 1 amide bonds. The number of benzene rings is 2. The molecule has 30 heavy (non-hydrogen) atoms. The Morgan fingerprint density at radius 2 is 1.87 bits per heavy atom. The van der Waals surface area contributed by atoms with E-state index in [1.807, 2.05) is 47.4 Å². The SMILES string of the molecule is COC(=O)C1O[C@@H](COc2ccccc2)CN1[C@H](C)CCc1ccc(C(N)=O)cc1. The Balaban J connectivity index is 1.58. The normalized spacial score (nSPS) is 19.9. The molecule has 2 aromatic rings. The van der Waals surface area contributed by atoms with Crippen molar-refractivity contribution in [1.82, 2.24) is 4.90 Å². The zero-order chi connectivity index (χ0) is 21.5. The largest absolute Gasteiger partial charge is 0.491 e. The van der Waals surface area contributed by atoms with Crippen molar-refractivity contribution in [3.8, 4) is 5.75 Å². The number of carbonyl (C=O) groups excluding carboxylic acids is 2. The maximum absolute atomic E-state index is 12.3. The molecule has 1 unspecified atom stereocenters. The van der Waals surface area contributed by atoms with Crippen LogP contribution >= 0.6 is 0 Å². The lowest BCUT2D eigenvalue weighted by Gasteiger charge is -2.27. The van der Waals surface area contributed by atoms with E-state index in [1.54, 1.807) is 12.1 Å². The van der Waals surface area contributed by atoms with Gasteiger partial charge in [-0.3, -0.25) is 9.69 Å². The van der Waals surface area contributed by atoms with Gasteiger partial charge >= 0.3 is 5.97 Å². The van der Waals surface area contributed by atoms with E-state index in [9.17, 15) is 9.59 Å². The van der Waals surface area contributed by atoms with Crippen molar-refractivity contribution in [2.24, 2.45) is 5.73 Å². The Kier molecular flexibility index (Phi) is 7.43.